The zero-order chi connectivity index (χ0) is 16.2. The van der Waals surface area contributed by atoms with Crippen molar-refractivity contribution < 1.29 is 4.79 Å². The fourth-order valence-electron chi connectivity index (χ4n) is 2.70. The minimum atomic E-state index is -0.222. The number of carbonyl (C=O) groups excluding carboxylic acids is 1. The van der Waals surface area contributed by atoms with Crippen LogP contribution in [0.25, 0.3) is 0 Å². The van der Waals surface area contributed by atoms with Gasteiger partial charge in [-0.2, -0.15) is 5.26 Å². The molecule has 0 aliphatic carbocycles. The number of benzene rings is 2. The maximum absolute atomic E-state index is 12.1. The van der Waals surface area contributed by atoms with Crippen LogP contribution in [0.2, 0.25) is 0 Å². The smallest absolute Gasteiger partial charge is 0.226 e. The molecule has 4 nitrogen and oxygen atoms in total. The number of nitrogens with one attached hydrogen (secondary N) is 2. The van der Waals surface area contributed by atoms with Gasteiger partial charge in [0.2, 0.25) is 5.91 Å². The van der Waals surface area contributed by atoms with Crippen LogP contribution < -0.4 is 10.6 Å². The molecule has 1 unspecified atom stereocenters. The third kappa shape index (κ3) is 3.24. The Hall–Kier alpha value is -3.06. The summed E-state index contributed by atoms with van der Waals surface area (Å²) in [5.41, 5.74) is 3.52. The lowest BCUT2D eigenvalue weighted by Crippen LogP contribution is -2.35. The van der Waals surface area contributed by atoms with Crippen molar-refractivity contribution in [3.63, 3.8) is 0 Å². The quantitative estimate of drug-likeness (QED) is 0.913. The Labute approximate surface area is 135 Å². The molecule has 2 aromatic rings. The monoisotopic (exact) mass is 303 g/mol. The summed E-state index contributed by atoms with van der Waals surface area (Å²) in [5, 5.41) is 15.5. The van der Waals surface area contributed by atoms with Gasteiger partial charge < -0.3 is 10.6 Å². The van der Waals surface area contributed by atoms with Crippen LogP contribution in [-0.2, 0) is 4.79 Å². The van der Waals surface area contributed by atoms with Crippen molar-refractivity contribution in [2.45, 2.75) is 19.3 Å². The van der Waals surface area contributed by atoms with Gasteiger partial charge in [0.05, 0.1) is 11.6 Å². The number of hydrogen-bond acceptors (Lipinski definition) is 3. The van der Waals surface area contributed by atoms with Crippen molar-refractivity contribution in [3.05, 3.63) is 77.1 Å². The second-order valence-electron chi connectivity index (χ2n) is 5.61. The Bertz CT molecular complexity index is 786. The number of allylic oxidation sites excluding steroid dienone is 1. The number of para-hydroxylation sites is 1. The minimum absolute atomic E-state index is 0.0898. The summed E-state index contributed by atoms with van der Waals surface area (Å²) in [6.07, 6.45) is 0.284. The molecule has 1 heterocycles. The molecule has 0 saturated heterocycles. The molecule has 0 spiro atoms. The van der Waals surface area contributed by atoms with Crippen LogP contribution in [0.4, 0.5) is 5.69 Å². The Morgan fingerprint density at radius 2 is 1.83 bits per heavy atom. The summed E-state index contributed by atoms with van der Waals surface area (Å²) < 4.78 is 0. The predicted octanol–water partition coefficient (Wildman–Crippen LogP) is 3.45. The highest BCUT2D eigenvalue weighted by Crippen LogP contribution is 2.32. The van der Waals surface area contributed by atoms with Crippen LogP contribution in [0, 0.1) is 18.3 Å². The zero-order valence-electron chi connectivity index (χ0n) is 12.8. The Balaban J connectivity index is 1.99. The van der Waals surface area contributed by atoms with Crippen LogP contribution in [0.5, 0.6) is 0 Å². The lowest BCUT2D eigenvalue weighted by molar-refractivity contribution is -0.121. The van der Waals surface area contributed by atoms with Crippen LogP contribution in [0.3, 0.4) is 0 Å². The summed E-state index contributed by atoms with van der Waals surface area (Å²) in [4.78, 5) is 12.1. The number of nitrogens with zero attached hydrogens (tertiary/aromatic N) is 1. The number of rotatable bonds is 3. The highest BCUT2D eigenvalue weighted by atomic mass is 16.1. The Morgan fingerprint density at radius 1 is 1.13 bits per heavy atom. The molecule has 3 rings (SSSR count). The van der Waals surface area contributed by atoms with Crippen molar-refractivity contribution in [3.8, 4) is 6.07 Å². The minimum Gasteiger partial charge on any atom is -0.341 e. The number of carbonyl (C=O) groups is 1. The van der Waals surface area contributed by atoms with Crippen LogP contribution in [0.1, 0.15) is 23.5 Å². The van der Waals surface area contributed by atoms with E-state index in [0.29, 0.717) is 11.4 Å². The highest BCUT2D eigenvalue weighted by molar-refractivity contribution is 5.83. The average Bonchev–Trinajstić information content (AvgIpc) is 2.56. The first-order chi connectivity index (χ1) is 11.2. The third-order valence-corrected chi connectivity index (χ3v) is 3.92. The number of nitriles is 1. The third-order valence-electron chi connectivity index (χ3n) is 3.92. The van der Waals surface area contributed by atoms with Gasteiger partial charge in [-0.05, 0) is 24.6 Å². The average molecular weight is 303 g/mol. The normalized spacial score (nSPS) is 17.4. The van der Waals surface area contributed by atoms with E-state index in [1.54, 1.807) is 0 Å². The van der Waals surface area contributed by atoms with Gasteiger partial charge in [-0.3, -0.25) is 4.79 Å². The summed E-state index contributed by atoms with van der Waals surface area (Å²) in [6.45, 7) is 2.01. The molecule has 0 bridgehead atoms. The molecule has 1 amide bonds. The second-order valence-corrected chi connectivity index (χ2v) is 5.61. The van der Waals surface area contributed by atoms with Crippen molar-refractivity contribution >= 4 is 11.6 Å². The second kappa shape index (κ2) is 6.37. The first-order valence-corrected chi connectivity index (χ1v) is 7.50. The van der Waals surface area contributed by atoms with Crippen molar-refractivity contribution in [1.29, 1.82) is 5.26 Å². The molecule has 1 atom stereocenters. The fraction of sp³-hybridized carbons (Fsp3) is 0.158. The predicted molar refractivity (Wildman–Crippen MR) is 89.4 cm³/mol. The molecule has 114 valence electrons. The molecule has 2 aromatic carbocycles. The molecule has 1 aliphatic heterocycles. The topological polar surface area (TPSA) is 64.9 Å². The van der Waals surface area contributed by atoms with Gasteiger partial charge in [-0.1, -0.05) is 48.0 Å². The number of amides is 1. The van der Waals surface area contributed by atoms with E-state index >= 15 is 0 Å². The van der Waals surface area contributed by atoms with Gasteiger partial charge >= 0.3 is 0 Å². The highest BCUT2D eigenvalue weighted by Gasteiger charge is 2.29. The van der Waals surface area contributed by atoms with E-state index in [1.165, 1.54) is 0 Å². The van der Waals surface area contributed by atoms with E-state index in [4.69, 9.17) is 0 Å². The molecule has 2 N–H and O–H groups in total. The summed E-state index contributed by atoms with van der Waals surface area (Å²) in [6, 6.07) is 19.7. The summed E-state index contributed by atoms with van der Waals surface area (Å²) in [5.74, 6) is 0.161. The molecular formula is C19H17N3O. The van der Waals surface area contributed by atoms with Crippen molar-refractivity contribution in [2.75, 3.05) is 5.32 Å². The van der Waals surface area contributed by atoms with E-state index in [-0.39, 0.29) is 18.2 Å². The molecule has 0 aromatic heterocycles. The maximum atomic E-state index is 12.1. The maximum Gasteiger partial charge on any atom is 0.226 e. The molecule has 23 heavy (non-hydrogen) atoms. The lowest BCUT2D eigenvalue weighted by Gasteiger charge is -2.26. The van der Waals surface area contributed by atoms with Gasteiger partial charge in [0.25, 0.3) is 0 Å². The van der Waals surface area contributed by atoms with Crippen LogP contribution in [0.15, 0.2) is 66.0 Å². The van der Waals surface area contributed by atoms with E-state index in [0.717, 1.165) is 16.8 Å². The number of anilines is 1. The van der Waals surface area contributed by atoms with Crippen molar-refractivity contribution in [2.24, 2.45) is 0 Å². The first-order valence-electron chi connectivity index (χ1n) is 7.50. The van der Waals surface area contributed by atoms with Gasteiger partial charge in [0.15, 0.2) is 0 Å². The van der Waals surface area contributed by atoms with Crippen molar-refractivity contribution in [1.82, 2.24) is 5.32 Å². The van der Waals surface area contributed by atoms with E-state index in [1.807, 2.05) is 61.5 Å². The molecule has 0 radical (unpaired) electrons. The summed E-state index contributed by atoms with van der Waals surface area (Å²) >= 11 is 0. The van der Waals surface area contributed by atoms with E-state index < -0.39 is 0 Å². The fourth-order valence-corrected chi connectivity index (χ4v) is 2.70. The van der Waals surface area contributed by atoms with Crippen LogP contribution >= 0.6 is 0 Å². The molecule has 0 fully saturated rings. The molecule has 1 aliphatic rings. The standard InChI is InChI=1S/C19H17N3O/c1-13-7-9-14(10-8-13)16-11-18(23)22-19(17(16)12-20)21-15-5-3-2-4-6-15/h2-10,16,21H,11H2,1H3,(H,22,23). The van der Waals surface area contributed by atoms with Gasteiger partial charge in [-0.25, -0.2) is 0 Å². The first kappa shape index (κ1) is 14.9. The van der Waals surface area contributed by atoms with Gasteiger partial charge in [0, 0.05) is 18.0 Å². The van der Waals surface area contributed by atoms with Gasteiger partial charge in [-0.15, -0.1) is 0 Å². The van der Waals surface area contributed by atoms with E-state index in [9.17, 15) is 10.1 Å². The zero-order valence-corrected chi connectivity index (χ0v) is 12.8. The molecule has 0 saturated carbocycles. The number of hydrogen-bond donors (Lipinski definition) is 2. The lowest BCUT2D eigenvalue weighted by atomic mass is 9.86. The van der Waals surface area contributed by atoms with Gasteiger partial charge in [0.1, 0.15) is 5.82 Å². The number of aryl methyl sites for hydroxylation is 1. The molecular weight excluding hydrogens is 286 g/mol. The Morgan fingerprint density at radius 3 is 2.48 bits per heavy atom. The molecule has 4 heteroatoms. The largest absolute Gasteiger partial charge is 0.341 e. The van der Waals surface area contributed by atoms with Crippen LogP contribution in [-0.4, -0.2) is 5.91 Å². The Kier molecular flexibility index (Phi) is 4.11. The summed E-state index contributed by atoms with van der Waals surface area (Å²) in [7, 11) is 0. The SMILES string of the molecule is Cc1ccc(C2CC(=O)NC(Nc3ccccc3)=C2C#N)cc1. The van der Waals surface area contributed by atoms with E-state index in [2.05, 4.69) is 16.7 Å².